The van der Waals surface area contributed by atoms with Gasteiger partial charge in [-0.25, -0.2) is 9.78 Å². The van der Waals surface area contributed by atoms with Gasteiger partial charge in [0.2, 0.25) is 0 Å². The summed E-state index contributed by atoms with van der Waals surface area (Å²) >= 11 is 1.70. The third kappa shape index (κ3) is 4.19. The molecule has 2 aliphatic heterocycles. The van der Waals surface area contributed by atoms with Gasteiger partial charge in [0.1, 0.15) is 6.10 Å². The summed E-state index contributed by atoms with van der Waals surface area (Å²) in [7, 11) is 0. The van der Waals surface area contributed by atoms with Gasteiger partial charge in [-0.1, -0.05) is 0 Å². The summed E-state index contributed by atoms with van der Waals surface area (Å²) in [6, 6.07) is 0.179. The monoisotopic (exact) mass is 353 g/mol. The second-order valence-corrected chi connectivity index (χ2v) is 8.71. The van der Waals surface area contributed by atoms with E-state index in [1.807, 2.05) is 11.1 Å². The van der Waals surface area contributed by atoms with Gasteiger partial charge in [0.25, 0.3) is 0 Å². The van der Waals surface area contributed by atoms with Gasteiger partial charge in [-0.3, -0.25) is 0 Å². The minimum absolute atomic E-state index is 0.179. The van der Waals surface area contributed by atoms with Gasteiger partial charge in [-0.15, -0.1) is 11.3 Å². The molecular formula is C17H27N3O3S. The lowest BCUT2D eigenvalue weighted by molar-refractivity contribution is -0.0327. The molecule has 2 unspecified atom stereocenters. The van der Waals surface area contributed by atoms with Crippen LogP contribution < -0.4 is 4.90 Å². The highest BCUT2D eigenvalue weighted by Crippen LogP contribution is 2.29. The number of aryl methyl sites for hydroxylation is 1. The molecule has 134 valence electrons. The number of rotatable bonds is 4. The summed E-state index contributed by atoms with van der Waals surface area (Å²) in [4.78, 5) is 22.3. The van der Waals surface area contributed by atoms with Crippen molar-refractivity contribution in [2.45, 2.75) is 64.2 Å². The van der Waals surface area contributed by atoms with E-state index >= 15 is 0 Å². The molecule has 6 nitrogen and oxygen atoms in total. The van der Waals surface area contributed by atoms with Crippen molar-refractivity contribution in [3.63, 3.8) is 0 Å². The highest BCUT2D eigenvalue weighted by atomic mass is 32.1. The fraction of sp³-hybridized carbons (Fsp3) is 0.765. The SMILES string of the molecule is Cc1cnc(N2CCCC(N3CCC(CC(C)(C)O)OC3=O)C2)s1. The number of amides is 1. The highest BCUT2D eigenvalue weighted by molar-refractivity contribution is 7.15. The van der Waals surface area contributed by atoms with Gasteiger partial charge in [-0.2, -0.15) is 0 Å². The Morgan fingerprint density at radius 3 is 2.83 bits per heavy atom. The zero-order valence-corrected chi connectivity index (χ0v) is 15.5. The lowest BCUT2D eigenvalue weighted by atomic mass is 9.97. The molecule has 2 aliphatic rings. The van der Waals surface area contributed by atoms with Gasteiger partial charge in [0, 0.05) is 43.5 Å². The number of piperidine rings is 1. The second-order valence-electron chi connectivity index (χ2n) is 7.50. The number of nitrogens with zero attached hydrogens (tertiary/aromatic N) is 3. The molecule has 3 rings (SSSR count). The average molecular weight is 353 g/mol. The number of ether oxygens (including phenoxy) is 1. The van der Waals surface area contributed by atoms with Crippen LogP contribution in [0.5, 0.6) is 0 Å². The molecule has 0 aliphatic carbocycles. The van der Waals surface area contributed by atoms with E-state index < -0.39 is 5.60 Å². The van der Waals surface area contributed by atoms with Crippen molar-refractivity contribution in [1.82, 2.24) is 9.88 Å². The predicted octanol–water partition coefficient (Wildman–Crippen LogP) is 2.79. The molecule has 7 heteroatoms. The third-order valence-corrected chi connectivity index (χ3v) is 5.61. The van der Waals surface area contributed by atoms with Crippen LogP contribution in [0.2, 0.25) is 0 Å². The number of anilines is 1. The number of aliphatic hydroxyl groups is 1. The summed E-state index contributed by atoms with van der Waals surface area (Å²) in [6.07, 6.45) is 4.81. The van der Waals surface area contributed by atoms with E-state index in [0.29, 0.717) is 13.0 Å². The van der Waals surface area contributed by atoms with Gasteiger partial charge < -0.3 is 19.6 Å². The van der Waals surface area contributed by atoms with Crippen LogP contribution in [0, 0.1) is 6.92 Å². The first-order chi connectivity index (χ1) is 11.3. The number of hydrogen-bond donors (Lipinski definition) is 1. The van der Waals surface area contributed by atoms with E-state index in [4.69, 9.17) is 4.74 Å². The molecule has 0 spiro atoms. The number of carbonyl (C=O) groups is 1. The van der Waals surface area contributed by atoms with E-state index in [0.717, 1.165) is 37.5 Å². The Morgan fingerprint density at radius 2 is 2.21 bits per heavy atom. The van der Waals surface area contributed by atoms with Crippen LogP contribution in [0.15, 0.2) is 6.20 Å². The van der Waals surface area contributed by atoms with Crippen LogP contribution in [0.1, 0.15) is 44.4 Å². The first kappa shape index (κ1) is 17.5. The van der Waals surface area contributed by atoms with E-state index in [2.05, 4.69) is 16.8 Å². The number of hydrogen-bond acceptors (Lipinski definition) is 6. The zero-order chi connectivity index (χ0) is 17.3. The molecule has 0 saturated carbocycles. The molecule has 1 aromatic heterocycles. The van der Waals surface area contributed by atoms with Gasteiger partial charge in [0.15, 0.2) is 5.13 Å². The molecule has 0 radical (unpaired) electrons. The van der Waals surface area contributed by atoms with Crippen molar-refractivity contribution in [3.05, 3.63) is 11.1 Å². The molecular weight excluding hydrogens is 326 g/mol. The summed E-state index contributed by atoms with van der Waals surface area (Å²) in [5.74, 6) is 0. The fourth-order valence-corrected chi connectivity index (χ4v) is 4.34. The summed E-state index contributed by atoms with van der Waals surface area (Å²) in [5.41, 5.74) is -0.808. The van der Waals surface area contributed by atoms with E-state index in [9.17, 15) is 9.90 Å². The largest absolute Gasteiger partial charge is 0.446 e. The Morgan fingerprint density at radius 1 is 1.42 bits per heavy atom. The molecule has 2 saturated heterocycles. The van der Waals surface area contributed by atoms with E-state index in [1.165, 1.54) is 4.88 Å². The van der Waals surface area contributed by atoms with Crippen LogP contribution in [-0.2, 0) is 4.74 Å². The highest BCUT2D eigenvalue weighted by Gasteiger charge is 2.36. The Kier molecular flexibility index (Phi) is 5.01. The standard InChI is InChI=1S/C17H27N3O3S/c1-12-10-18-15(24-12)19-7-4-5-13(11-19)20-8-6-14(23-16(20)21)9-17(2,3)22/h10,13-14,22H,4-9,11H2,1-3H3. The van der Waals surface area contributed by atoms with Crippen molar-refractivity contribution in [3.8, 4) is 0 Å². The van der Waals surface area contributed by atoms with E-state index in [-0.39, 0.29) is 18.2 Å². The van der Waals surface area contributed by atoms with Gasteiger partial charge >= 0.3 is 6.09 Å². The molecule has 1 amide bonds. The molecule has 24 heavy (non-hydrogen) atoms. The number of aromatic nitrogens is 1. The molecule has 1 aromatic rings. The summed E-state index contributed by atoms with van der Waals surface area (Å²) in [6.45, 7) is 8.08. The zero-order valence-electron chi connectivity index (χ0n) is 14.7. The average Bonchev–Trinajstić information content (AvgIpc) is 2.92. The van der Waals surface area contributed by atoms with Crippen LogP contribution in [0.4, 0.5) is 9.93 Å². The Hall–Kier alpha value is -1.34. The minimum Gasteiger partial charge on any atom is -0.446 e. The van der Waals surface area contributed by atoms with Gasteiger partial charge in [0.05, 0.1) is 11.6 Å². The number of carbonyl (C=O) groups excluding carboxylic acids is 1. The van der Waals surface area contributed by atoms with Crippen LogP contribution in [0.3, 0.4) is 0 Å². The molecule has 2 atom stereocenters. The van der Waals surface area contributed by atoms with Crippen molar-refractivity contribution in [1.29, 1.82) is 0 Å². The lowest BCUT2D eigenvalue weighted by Gasteiger charge is -2.42. The minimum atomic E-state index is -0.808. The van der Waals surface area contributed by atoms with Crippen molar-refractivity contribution < 1.29 is 14.6 Å². The number of cyclic esters (lactones) is 1. The molecule has 3 heterocycles. The van der Waals surface area contributed by atoms with Crippen molar-refractivity contribution in [2.75, 3.05) is 24.5 Å². The summed E-state index contributed by atoms with van der Waals surface area (Å²) in [5, 5.41) is 11.0. The predicted molar refractivity (Wildman–Crippen MR) is 94.6 cm³/mol. The van der Waals surface area contributed by atoms with Crippen LogP contribution in [-0.4, -0.2) is 58.5 Å². The first-order valence-corrected chi connectivity index (χ1v) is 9.50. The Bertz CT molecular complexity index is 584. The molecule has 2 fully saturated rings. The Balaban J connectivity index is 1.59. The van der Waals surface area contributed by atoms with E-state index in [1.54, 1.807) is 25.2 Å². The molecule has 0 bridgehead atoms. The van der Waals surface area contributed by atoms with Gasteiger partial charge in [-0.05, 0) is 33.6 Å². The number of thiazole rings is 1. The fourth-order valence-electron chi connectivity index (χ4n) is 3.55. The molecule has 0 aromatic carbocycles. The van der Waals surface area contributed by atoms with Crippen molar-refractivity contribution >= 4 is 22.6 Å². The normalized spacial score (nSPS) is 25.8. The smallest absolute Gasteiger partial charge is 0.410 e. The van der Waals surface area contributed by atoms with Crippen LogP contribution in [0.25, 0.3) is 0 Å². The Labute approximate surface area is 147 Å². The maximum atomic E-state index is 12.4. The maximum Gasteiger partial charge on any atom is 0.410 e. The quantitative estimate of drug-likeness (QED) is 0.902. The lowest BCUT2D eigenvalue weighted by Crippen LogP contribution is -2.54. The topological polar surface area (TPSA) is 65.9 Å². The second kappa shape index (κ2) is 6.88. The first-order valence-electron chi connectivity index (χ1n) is 8.69. The summed E-state index contributed by atoms with van der Waals surface area (Å²) < 4.78 is 5.57. The molecule has 1 N–H and O–H groups in total. The van der Waals surface area contributed by atoms with Crippen molar-refractivity contribution in [2.24, 2.45) is 0 Å². The maximum absolute atomic E-state index is 12.4. The van der Waals surface area contributed by atoms with Crippen LogP contribution >= 0.6 is 11.3 Å². The third-order valence-electron chi connectivity index (χ3n) is 4.64.